The molecule has 19 heavy (non-hydrogen) atoms. The fourth-order valence-electron chi connectivity index (χ4n) is 1.44. The summed E-state index contributed by atoms with van der Waals surface area (Å²) < 4.78 is 1.62. The third-order valence-corrected chi connectivity index (χ3v) is 3.68. The quantitative estimate of drug-likeness (QED) is 0.655. The molecule has 3 N–H and O–H groups in total. The van der Waals surface area contributed by atoms with E-state index in [2.05, 4.69) is 53.5 Å². The monoisotopic (exact) mass is 287 g/mol. The van der Waals surface area contributed by atoms with Gasteiger partial charge in [-0.3, -0.25) is 5.32 Å². The minimum atomic E-state index is -0.651. The van der Waals surface area contributed by atoms with Crippen molar-refractivity contribution in [3.05, 3.63) is 18.5 Å². The molecular formula is C10H11Al2N5O2. The molecule has 0 aromatic carbocycles. The van der Waals surface area contributed by atoms with Crippen molar-refractivity contribution >= 4 is 55.6 Å². The minimum absolute atomic E-state index is 0.418. The highest BCUT2D eigenvalue weighted by atomic mass is 27.1. The molecule has 0 saturated carbocycles. The zero-order valence-electron chi connectivity index (χ0n) is 10.2. The van der Waals surface area contributed by atoms with Crippen molar-refractivity contribution in [3.63, 3.8) is 0 Å². The standard InChI is InChI=1S/C10H12N5O2.2Al/c1-6(16)3-12-10(17)14-9-2-7-4-13-15-8(7)5-11-9;;/h2-6,16H,1H3,(H3,11,12,13,14,15,17);;/q;;+1/p-1. The van der Waals surface area contributed by atoms with Crippen LogP contribution in [0.25, 0.3) is 10.9 Å². The Kier molecular flexibility index (Phi) is 4.46. The Labute approximate surface area is 126 Å². The number of nitrogens with zero attached hydrogens (tertiary/aromatic N) is 3. The van der Waals surface area contributed by atoms with Crippen LogP contribution in [0.4, 0.5) is 10.6 Å². The Morgan fingerprint density at radius 1 is 1.53 bits per heavy atom. The molecule has 4 radical (unpaired) electrons. The predicted octanol–water partition coefficient (Wildman–Crippen LogP) is -0.640. The summed E-state index contributed by atoms with van der Waals surface area (Å²) in [7, 11) is 0. The van der Waals surface area contributed by atoms with Crippen LogP contribution >= 0.6 is 0 Å². The second-order valence-electron chi connectivity index (χ2n) is 4.08. The van der Waals surface area contributed by atoms with Crippen molar-refractivity contribution in [2.75, 3.05) is 5.32 Å². The molecular weight excluding hydrogens is 276 g/mol. The summed E-state index contributed by atoms with van der Waals surface area (Å²) in [5.74, 6) is 0.422. The van der Waals surface area contributed by atoms with E-state index < -0.39 is 17.0 Å². The number of nitrogens with one attached hydrogen (secondary N) is 2. The molecule has 9 heteroatoms. The topological polar surface area (TPSA) is 92.1 Å². The molecule has 7 nitrogen and oxygen atoms in total. The van der Waals surface area contributed by atoms with Crippen molar-refractivity contribution in [2.45, 2.75) is 17.9 Å². The van der Waals surface area contributed by atoms with Gasteiger partial charge in [-0.1, -0.05) is 0 Å². The van der Waals surface area contributed by atoms with Crippen molar-refractivity contribution < 1.29 is 9.90 Å². The van der Waals surface area contributed by atoms with Crippen LogP contribution in [0.15, 0.2) is 18.5 Å². The number of aliphatic hydroxyl groups is 1. The summed E-state index contributed by atoms with van der Waals surface area (Å²) in [5.41, 5.74) is 0.851. The molecule has 94 valence electrons. The predicted molar refractivity (Wildman–Crippen MR) is 72.1 cm³/mol. The van der Waals surface area contributed by atoms with Crippen LogP contribution in [0.1, 0.15) is 6.92 Å². The van der Waals surface area contributed by atoms with Crippen LogP contribution in [0.2, 0.25) is 0 Å². The fraction of sp³-hybridized carbons (Fsp3) is 0.300. The molecule has 0 aliphatic carbocycles. The summed E-state index contributed by atoms with van der Waals surface area (Å²) in [6, 6.07) is 1.30. The maximum absolute atomic E-state index is 11.7. The van der Waals surface area contributed by atoms with E-state index in [1.54, 1.807) is 29.0 Å². The second kappa shape index (κ2) is 5.91. The molecule has 2 aromatic heterocycles. The van der Waals surface area contributed by atoms with Gasteiger partial charge >= 0.3 is 22.5 Å². The minimum Gasteiger partial charge on any atom is -0.393 e. The molecule has 1 unspecified atom stereocenters. The van der Waals surface area contributed by atoms with Gasteiger partial charge < -0.3 is 14.1 Å². The van der Waals surface area contributed by atoms with E-state index in [0.717, 1.165) is 10.9 Å². The van der Waals surface area contributed by atoms with Crippen molar-refractivity contribution in [1.82, 2.24) is 19.1 Å². The first-order valence-electron chi connectivity index (χ1n) is 5.57. The molecule has 2 atom stereocenters. The molecule has 0 saturated heterocycles. The third-order valence-electron chi connectivity index (χ3n) is 2.54. The smallest absolute Gasteiger partial charge is 0.354 e. The summed E-state index contributed by atoms with van der Waals surface area (Å²) in [4.78, 5) is 15.4. The first-order valence-corrected chi connectivity index (χ1v) is 6.75. The van der Waals surface area contributed by atoms with Gasteiger partial charge in [0.1, 0.15) is 5.82 Å². The van der Waals surface area contributed by atoms with Gasteiger partial charge in [0.15, 0.2) is 16.3 Å². The van der Waals surface area contributed by atoms with E-state index in [0.29, 0.717) is 5.82 Å². The zero-order valence-corrected chi connectivity index (χ0v) is 12.5. The van der Waals surface area contributed by atoms with Gasteiger partial charge in [0.25, 0.3) is 0 Å². The number of pyridine rings is 1. The van der Waals surface area contributed by atoms with Gasteiger partial charge in [0, 0.05) is 5.39 Å². The van der Waals surface area contributed by atoms with Crippen LogP contribution in [-0.2, 0) is 0 Å². The van der Waals surface area contributed by atoms with Gasteiger partial charge in [-0.05, 0) is 17.9 Å². The lowest BCUT2D eigenvalue weighted by Gasteiger charge is -2.18. The number of carbonyl (C=O) groups is 1. The number of aliphatic hydroxyl groups excluding tert-OH is 1. The number of urea groups is 1. The van der Waals surface area contributed by atoms with E-state index in [4.69, 9.17) is 0 Å². The molecule has 2 heterocycles. The van der Waals surface area contributed by atoms with Crippen LogP contribution in [0, 0.1) is 0 Å². The van der Waals surface area contributed by atoms with Crippen molar-refractivity contribution in [2.24, 2.45) is 0 Å². The van der Waals surface area contributed by atoms with Crippen LogP contribution in [0.5, 0.6) is 0 Å². The molecule has 0 fully saturated rings. The number of hydrogen-bond donors (Lipinski definition) is 3. The summed E-state index contributed by atoms with van der Waals surface area (Å²) >= 11 is 4.80. The Bertz CT molecular complexity index is 601. The number of rotatable bonds is 3. The highest BCUT2D eigenvalue weighted by Gasteiger charge is 2.11. The number of aromatic nitrogens is 3. The second-order valence-corrected chi connectivity index (χ2v) is 5.29. The zero-order chi connectivity index (χ0) is 14.0. The molecule has 2 aromatic rings. The lowest BCUT2D eigenvalue weighted by atomic mass is 10.3. The number of carbonyl (C=O) groups excluding carboxylic acids is 1. The fourth-order valence-corrected chi connectivity index (χ4v) is 1.87. The number of hydrogen-bond acceptors (Lipinski definition) is 4. The van der Waals surface area contributed by atoms with Crippen LogP contribution in [0.3, 0.4) is 0 Å². The van der Waals surface area contributed by atoms with Gasteiger partial charge in [-0.25, -0.2) is 14.9 Å². The lowest BCUT2D eigenvalue weighted by Crippen LogP contribution is -2.44. The first-order chi connectivity index (χ1) is 8.97. The molecule has 0 aliphatic heterocycles. The molecule has 2 amide bonds. The number of fused-ring (bicyclic) bond motifs is 1. The lowest BCUT2D eigenvalue weighted by molar-refractivity contribution is 0.176. The summed E-state index contributed by atoms with van der Waals surface area (Å²) in [6.45, 7) is 1.59. The molecule has 0 aliphatic rings. The summed E-state index contributed by atoms with van der Waals surface area (Å²) in [6.07, 6.45) is 2.65. The Morgan fingerprint density at radius 2 is 2.26 bits per heavy atom. The third kappa shape index (κ3) is 3.47. The molecule has 2 rings (SSSR count). The molecule has 0 spiro atoms. The van der Waals surface area contributed by atoms with E-state index in [1.165, 1.54) is 0 Å². The number of amides is 2. The van der Waals surface area contributed by atoms with Gasteiger partial charge in [-0.2, -0.15) is 0 Å². The van der Waals surface area contributed by atoms with E-state index in [9.17, 15) is 9.90 Å². The van der Waals surface area contributed by atoms with E-state index >= 15 is 0 Å². The Morgan fingerprint density at radius 3 is 2.95 bits per heavy atom. The van der Waals surface area contributed by atoms with Gasteiger partial charge in [0.2, 0.25) is 0 Å². The normalized spacial score (nSPS) is 14.0. The maximum Gasteiger partial charge on any atom is 0.354 e. The number of anilines is 1. The van der Waals surface area contributed by atoms with Crippen molar-refractivity contribution in [1.29, 1.82) is 0 Å². The Balaban J connectivity index is 2.07. The van der Waals surface area contributed by atoms with Crippen LogP contribution in [-0.4, -0.2) is 68.7 Å². The first kappa shape index (κ1) is 14.3. The average molecular weight is 287 g/mol. The molecule has 0 bridgehead atoms. The highest BCUT2D eigenvalue weighted by Crippen LogP contribution is 2.14. The van der Waals surface area contributed by atoms with Gasteiger partial charge in [0.05, 0.1) is 24.0 Å². The van der Waals surface area contributed by atoms with E-state index in [1.807, 2.05) is 0 Å². The highest BCUT2D eigenvalue weighted by molar-refractivity contribution is 6.14. The van der Waals surface area contributed by atoms with Crippen LogP contribution < -0.4 is 10.6 Å². The van der Waals surface area contributed by atoms with Crippen molar-refractivity contribution in [3.8, 4) is 0 Å². The van der Waals surface area contributed by atoms with Gasteiger partial charge in [-0.15, -0.1) is 0 Å². The maximum atomic E-state index is 11.7. The van der Waals surface area contributed by atoms with E-state index in [-0.39, 0.29) is 0 Å². The summed E-state index contributed by atoms with van der Waals surface area (Å²) in [5, 5.41) is 19.4. The average Bonchev–Trinajstić information content (AvgIpc) is 2.70. The largest absolute Gasteiger partial charge is 0.393 e. The Hall–Kier alpha value is -1.09. The SMILES string of the molecule is CC(O)[C@H]([Al])NC(=O)Nc1cc2cn[n]([Al])c2cn1.